The molecule has 1 nitrogen and oxygen atoms in total. The molecule has 0 fully saturated rings. The second-order valence-electron chi connectivity index (χ2n) is 4.37. The van der Waals surface area contributed by atoms with Crippen LogP contribution in [0.5, 0.6) is 5.75 Å². The van der Waals surface area contributed by atoms with Gasteiger partial charge in [-0.05, 0) is 38.5 Å². The summed E-state index contributed by atoms with van der Waals surface area (Å²) in [6.45, 7) is 6.13. The molecule has 0 aliphatic carbocycles. The van der Waals surface area contributed by atoms with E-state index in [9.17, 15) is 0 Å². The van der Waals surface area contributed by atoms with Crippen molar-refractivity contribution in [3.05, 3.63) is 35.9 Å². The summed E-state index contributed by atoms with van der Waals surface area (Å²) in [7, 11) is 0. The Kier molecular flexibility index (Phi) is 4.28. The van der Waals surface area contributed by atoms with Gasteiger partial charge in [0.1, 0.15) is 11.4 Å². The minimum atomic E-state index is -0.136. The van der Waals surface area contributed by atoms with Crippen molar-refractivity contribution in [2.24, 2.45) is 0 Å². The molecule has 0 amide bonds. The Hall–Kier alpha value is -0.890. The zero-order valence-electron chi connectivity index (χ0n) is 9.53. The molecule has 0 spiro atoms. The van der Waals surface area contributed by atoms with E-state index in [1.54, 1.807) is 0 Å². The van der Waals surface area contributed by atoms with Gasteiger partial charge in [0.05, 0.1) is 0 Å². The molecule has 0 aromatic heterocycles. The fourth-order valence-corrected chi connectivity index (χ4v) is 1.29. The van der Waals surface area contributed by atoms with Gasteiger partial charge in [0.2, 0.25) is 0 Å². The predicted octanol–water partition coefficient (Wildman–Crippen LogP) is 3.81. The zero-order chi connectivity index (χ0) is 11.3. The number of rotatable bonds is 3. The van der Waals surface area contributed by atoms with Gasteiger partial charge < -0.3 is 4.74 Å². The summed E-state index contributed by atoms with van der Waals surface area (Å²) < 4.78 is 5.72. The highest BCUT2D eigenvalue weighted by Gasteiger charge is 2.10. The van der Waals surface area contributed by atoms with E-state index in [4.69, 9.17) is 4.74 Å². The number of benzene rings is 1. The van der Waals surface area contributed by atoms with Crippen molar-refractivity contribution in [2.75, 3.05) is 5.75 Å². The lowest BCUT2D eigenvalue weighted by Gasteiger charge is -2.21. The molecule has 0 N–H and O–H groups in total. The van der Waals surface area contributed by atoms with E-state index in [0.29, 0.717) is 0 Å². The maximum atomic E-state index is 5.72. The third kappa shape index (κ3) is 4.93. The average molecular weight is 222 g/mol. The molecule has 0 heterocycles. The average Bonchev–Trinajstić information content (AvgIpc) is 2.14. The molecule has 1 rings (SSSR count). The number of ether oxygens (including phenoxy) is 1. The molecule has 0 bridgehead atoms. The zero-order valence-corrected chi connectivity index (χ0v) is 10.4. The molecule has 0 aliphatic heterocycles. The largest absolute Gasteiger partial charge is 0.488 e. The van der Waals surface area contributed by atoms with Crippen molar-refractivity contribution in [1.29, 1.82) is 0 Å². The van der Waals surface area contributed by atoms with Crippen molar-refractivity contribution >= 4 is 18.7 Å². The van der Waals surface area contributed by atoms with Crippen molar-refractivity contribution in [2.45, 2.75) is 26.4 Å². The van der Waals surface area contributed by atoms with Crippen LogP contribution in [0, 0.1) is 0 Å². The maximum absolute atomic E-state index is 5.72. The third-order valence-electron chi connectivity index (χ3n) is 1.72. The molecule has 0 atom stereocenters. The van der Waals surface area contributed by atoms with Crippen LogP contribution in [0.4, 0.5) is 0 Å². The van der Waals surface area contributed by atoms with E-state index in [-0.39, 0.29) is 5.60 Å². The third-order valence-corrected chi connectivity index (χ3v) is 1.93. The molecule has 15 heavy (non-hydrogen) atoms. The van der Waals surface area contributed by atoms with Crippen LogP contribution in [0.2, 0.25) is 0 Å². The molecule has 0 aliphatic rings. The number of hydrogen-bond acceptors (Lipinski definition) is 2. The first kappa shape index (κ1) is 12.2. The van der Waals surface area contributed by atoms with E-state index >= 15 is 0 Å². The van der Waals surface area contributed by atoms with Crippen LogP contribution in [0.3, 0.4) is 0 Å². The summed E-state index contributed by atoms with van der Waals surface area (Å²) in [5.41, 5.74) is 1.04. The standard InChI is InChI=1S/C13H18OS/c1-13(2,3)14-12-8-6-11(7-9-12)5-4-10-15/h4-9,15H,10H2,1-3H3. The van der Waals surface area contributed by atoms with Gasteiger partial charge in [-0.25, -0.2) is 0 Å². The monoisotopic (exact) mass is 222 g/mol. The van der Waals surface area contributed by atoms with Crippen LogP contribution in [0.15, 0.2) is 30.3 Å². The Bertz CT molecular complexity index is 319. The highest BCUT2D eigenvalue weighted by Crippen LogP contribution is 2.18. The molecular formula is C13H18OS. The normalized spacial score (nSPS) is 12.0. The molecular weight excluding hydrogens is 204 g/mol. The highest BCUT2D eigenvalue weighted by atomic mass is 32.1. The Labute approximate surface area is 97.6 Å². The van der Waals surface area contributed by atoms with Crippen LogP contribution in [0.1, 0.15) is 26.3 Å². The van der Waals surface area contributed by atoms with Crippen LogP contribution in [0.25, 0.3) is 6.08 Å². The second-order valence-corrected chi connectivity index (χ2v) is 4.73. The first-order valence-electron chi connectivity index (χ1n) is 5.08. The van der Waals surface area contributed by atoms with Crippen molar-refractivity contribution < 1.29 is 4.74 Å². The number of thiol groups is 1. The van der Waals surface area contributed by atoms with Crippen LogP contribution >= 0.6 is 12.6 Å². The first-order valence-corrected chi connectivity index (χ1v) is 5.71. The second kappa shape index (κ2) is 5.26. The van der Waals surface area contributed by atoms with E-state index in [1.165, 1.54) is 5.56 Å². The molecule has 0 unspecified atom stereocenters. The molecule has 0 radical (unpaired) electrons. The Morgan fingerprint density at radius 2 is 1.80 bits per heavy atom. The Morgan fingerprint density at radius 3 is 2.27 bits per heavy atom. The van der Waals surface area contributed by atoms with Crippen LogP contribution < -0.4 is 4.74 Å². The van der Waals surface area contributed by atoms with Crippen molar-refractivity contribution in [1.82, 2.24) is 0 Å². The lowest BCUT2D eigenvalue weighted by Crippen LogP contribution is -2.22. The molecule has 0 saturated heterocycles. The lowest BCUT2D eigenvalue weighted by molar-refractivity contribution is 0.131. The minimum absolute atomic E-state index is 0.136. The van der Waals surface area contributed by atoms with E-state index < -0.39 is 0 Å². The van der Waals surface area contributed by atoms with Gasteiger partial charge in [-0.2, -0.15) is 12.6 Å². The maximum Gasteiger partial charge on any atom is 0.120 e. The van der Waals surface area contributed by atoms with Gasteiger partial charge in [-0.1, -0.05) is 24.3 Å². The van der Waals surface area contributed by atoms with Crippen LogP contribution in [-0.2, 0) is 0 Å². The summed E-state index contributed by atoms with van der Waals surface area (Å²) in [5.74, 6) is 1.67. The summed E-state index contributed by atoms with van der Waals surface area (Å²) in [6.07, 6.45) is 4.07. The van der Waals surface area contributed by atoms with Crippen LogP contribution in [-0.4, -0.2) is 11.4 Å². The first-order chi connectivity index (χ1) is 7.01. The van der Waals surface area contributed by atoms with Gasteiger partial charge in [0.25, 0.3) is 0 Å². The molecule has 82 valence electrons. The SMILES string of the molecule is CC(C)(C)Oc1ccc(C=CCS)cc1. The minimum Gasteiger partial charge on any atom is -0.488 e. The van der Waals surface area contributed by atoms with E-state index in [0.717, 1.165) is 11.5 Å². The Morgan fingerprint density at radius 1 is 1.20 bits per heavy atom. The summed E-state index contributed by atoms with van der Waals surface area (Å²) in [6, 6.07) is 8.06. The smallest absolute Gasteiger partial charge is 0.120 e. The predicted molar refractivity (Wildman–Crippen MR) is 69.7 cm³/mol. The molecule has 2 heteroatoms. The highest BCUT2D eigenvalue weighted by molar-refractivity contribution is 7.80. The lowest BCUT2D eigenvalue weighted by atomic mass is 10.1. The Balaban J connectivity index is 2.68. The van der Waals surface area contributed by atoms with Crippen molar-refractivity contribution in [3.8, 4) is 5.75 Å². The topological polar surface area (TPSA) is 9.23 Å². The van der Waals surface area contributed by atoms with Gasteiger partial charge in [0.15, 0.2) is 0 Å². The summed E-state index contributed by atoms with van der Waals surface area (Å²) >= 11 is 4.12. The van der Waals surface area contributed by atoms with Gasteiger partial charge in [-0.15, -0.1) is 0 Å². The van der Waals surface area contributed by atoms with E-state index in [2.05, 4.69) is 12.6 Å². The fraction of sp³-hybridized carbons (Fsp3) is 0.385. The van der Waals surface area contributed by atoms with E-state index in [1.807, 2.05) is 57.2 Å². The van der Waals surface area contributed by atoms with Crippen molar-refractivity contribution in [3.63, 3.8) is 0 Å². The quantitative estimate of drug-likeness (QED) is 0.765. The van der Waals surface area contributed by atoms with Gasteiger partial charge in [0, 0.05) is 5.75 Å². The molecule has 0 saturated carbocycles. The number of hydrogen-bond donors (Lipinski definition) is 1. The molecule has 1 aromatic rings. The van der Waals surface area contributed by atoms with Gasteiger partial charge >= 0.3 is 0 Å². The summed E-state index contributed by atoms with van der Waals surface area (Å²) in [5, 5.41) is 0. The van der Waals surface area contributed by atoms with Gasteiger partial charge in [-0.3, -0.25) is 0 Å². The fourth-order valence-electron chi connectivity index (χ4n) is 1.19. The summed E-state index contributed by atoms with van der Waals surface area (Å²) in [4.78, 5) is 0. The molecule has 1 aromatic carbocycles.